The standard InChI is InChI=1S/C36H52N6O6S/c1-23-29(49-22-38-23)24-15-17-25(18-16-24)36(5)33(46)40-31(41-36)27-20-26(43)21-42(27)32(45)30(35(2,3)4)39-28(44)14-12-10-8-6-7-9-11-13-19-37-34(47)48/h15-18,22,26-27,30,37,43H,6-14,19-21H2,1-5H3,(H,39,44)(H,47,48)(H,40,41,46)/t26-,27+,30?,36?/m1/s1. The highest BCUT2D eigenvalue weighted by molar-refractivity contribution is 7.13. The number of aromatic nitrogens is 1. The molecule has 1 aromatic carbocycles. The minimum Gasteiger partial charge on any atom is -0.465 e. The maximum Gasteiger partial charge on any atom is 0.404 e. The molecule has 1 saturated heterocycles. The molecular weight excluding hydrogens is 644 g/mol. The first kappa shape index (κ1) is 38.0. The number of nitrogens with one attached hydrogen (secondary N) is 3. The normalized spacial score (nSPS) is 21.3. The van der Waals surface area contributed by atoms with Gasteiger partial charge >= 0.3 is 6.09 Å². The number of unbranched alkanes of at least 4 members (excludes halogenated alkanes) is 7. The number of carbonyl (C=O) groups is 4. The third kappa shape index (κ3) is 9.87. The molecule has 0 saturated carbocycles. The van der Waals surface area contributed by atoms with E-state index in [-0.39, 0.29) is 30.7 Å². The van der Waals surface area contributed by atoms with E-state index in [1.54, 1.807) is 23.2 Å². The number of thiazole rings is 1. The van der Waals surface area contributed by atoms with E-state index >= 15 is 0 Å². The number of carboxylic acid groups (broad SMARTS) is 1. The van der Waals surface area contributed by atoms with Gasteiger partial charge in [0.1, 0.15) is 17.4 Å². The highest BCUT2D eigenvalue weighted by Gasteiger charge is 2.49. The van der Waals surface area contributed by atoms with E-state index in [0.29, 0.717) is 18.8 Å². The maximum absolute atomic E-state index is 14.1. The number of likely N-dealkylation sites (tertiary alicyclic amines) is 1. The van der Waals surface area contributed by atoms with Gasteiger partial charge in [0.2, 0.25) is 11.8 Å². The lowest BCUT2D eigenvalue weighted by atomic mass is 9.85. The molecule has 0 bridgehead atoms. The summed E-state index contributed by atoms with van der Waals surface area (Å²) in [7, 11) is 0. The molecule has 49 heavy (non-hydrogen) atoms. The van der Waals surface area contributed by atoms with E-state index < -0.39 is 35.2 Å². The second-order valence-corrected chi connectivity index (χ2v) is 15.3. The summed E-state index contributed by atoms with van der Waals surface area (Å²) in [5.41, 5.74) is 2.78. The molecule has 12 nitrogen and oxygen atoms in total. The van der Waals surface area contributed by atoms with Crippen LogP contribution in [0.3, 0.4) is 0 Å². The summed E-state index contributed by atoms with van der Waals surface area (Å²) in [6.45, 7) is 10.0. The van der Waals surface area contributed by atoms with Crippen LogP contribution in [0.1, 0.15) is 103 Å². The van der Waals surface area contributed by atoms with Crippen molar-refractivity contribution >= 4 is 41.0 Å². The fourth-order valence-corrected chi connectivity index (χ4v) is 7.29. The number of nitrogens with zero attached hydrogens (tertiary/aromatic N) is 3. The fourth-order valence-electron chi connectivity index (χ4n) is 6.48. The van der Waals surface area contributed by atoms with Gasteiger partial charge in [-0.1, -0.05) is 83.6 Å². The first-order valence-electron chi connectivity index (χ1n) is 17.4. The van der Waals surface area contributed by atoms with Crippen LogP contribution < -0.4 is 16.0 Å². The van der Waals surface area contributed by atoms with Crippen LogP contribution in [0, 0.1) is 12.3 Å². The molecule has 2 aliphatic heterocycles. The number of amidine groups is 1. The molecule has 5 N–H and O–H groups in total. The van der Waals surface area contributed by atoms with E-state index in [1.165, 1.54) is 0 Å². The summed E-state index contributed by atoms with van der Waals surface area (Å²) >= 11 is 1.56. The molecule has 4 amide bonds. The Labute approximate surface area is 293 Å². The Hall–Kier alpha value is -3.84. The first-order chi connectivity index (χ1) is 23.2. The van der Waals surface area contributed by atoms with Crippen molar-refractivity contribution in [3.63, 3.8) is 0 Å². The van der Waals surface area contributed by atoms with Crippen LogP contribution in [0.2, 0.25) is 0 Å². The topological polar surface area (TPSA) is 173 Å². The second kappa shape index (κ2) is 16.7. The van der Waals surface area contributed by atoms with Crippen molar-refractivity contribution in [3.05, 3.63) is 41.0 Å². The van der Waals surface area contributed by atoms with E-state index in [4.69, 9.17) is 5.11 Å². The van der Waals surface area contributed by atoms with Crippen LogP contribution in [0.25, 0.3) is 10.4 Å². The van der Waals surface area contributed by atoms with E-state index in [0.717, 1.165) is 73.1 Å². The number of aliphatic imine (C=N–C) groups is 1. The van der Waals surface area contributed by atoms with Gasteiger partial charge in [-0.2, -0.15) is 4.99 Å². The molecule has 4 rings (SSSR count). The number of amides is 4. The third-order valence-corrected chi connectivity index (χ3v) is 10.4. The van der Waals surface area contributed by atoms with Gasteiger partial charge in [-0.25, -0.2) is 9.78 Å². The predicted octanol–water partition coefficient (Wildman–Crippen LogP) is 5.13. The Kier molecular flexibility index (Phi) is 12.9. The van der Waals surface area contributed by atoms with E-state index in [1.807, 2.05) is 57.5 Å². The molecule has 3 heterocycles. The van der Waals surface area contributed by atoms with Crippen LogP contribution in [0.15, 0.2) is 34.8 Å². The smallest absolute Gasteiger partial charge is 0.404 e. The predicted molar refractivity (Wildman–Crippen MR) is 190 cm³/mol. The molecule has 268 valence electrons. The zero-order valence-electron chi connectivity index (χ0n) is 29.4. The summed E-state index contributed by atoms with van der Waals surface area (Å²) in [5, 5.41) is 28.0. The van der Waals surface area contributed by atoms with Crippen molar-refractivity contribution in [2.45, 2.75) is 123 Å². The Morgan fingerprint density at radius 1 is 1.06 bits per heavy atom. The Morgan fingerprint density at radius 2 is 1.69 bits per heavy atom. The van der Waals surface area contributed by atoms with Crippen LogP contribution in [-0.4, -0.2) is 81.0 Å². The molecule has 0 aliphatic carbocycles. The maximum atomic E-state index is 14.1. The third-order valence-electron chi connectivity index (χ3n) is 9.40. The first-order valence-corrected chi connectivity index (χ1v) is 18.3. The fraction of sp³-hybridized carbons (Fsp3) is 0.611. The Balaban J connectivity index is 1.31. The number of hydrogen-bond acceptors (Lipinski definition) is 8. The van der Waals surface area contributed by atoms with Gasteiger partial charge < -0.3 is 31.1 Å². The number of rotatable bonds is 16. The molecule has 2 aromatic rings. The zero-order valence-corrected chi connectivity index (χ0v) is 30.2. The summed E-state index contributed by atoms with van der Waals surface area (Å²) in [6.07, 6.45) is 6.43. The largest absolute Gasteiger partial charge is 0.465 e. The van der Waals surface area contributed by atoms with Gasteiger partial charge in [-0.3, -0.25) is 14.4 Å². The van der Waals surface area contributed by atoms with Crippen LogP contribution in [0.4, 0.5) is 4.79 Å². The quantitative estimate of drug-likeness (QED) is 0.150. The zero-order chi connectivity index (χ0) is 35.8. The monoisotopic (exact) mass is 696 g/mol. The van der Waals surface area contributed by atoms with Gasteiger partial charge in [0.05, 0.1) is 28.2 Å². The van der Waals surface area contributed by atoms with Crippen molar-refractivity contribution < 1.29 is 29.4 Å². The number of carbonyl (C=O) groups excluding carboxylic acids is 3. The van der Waals surface area contributed by atoms with Crippen molar-refractivity contribution in [1.29, 1.82) is 0 Å². The molecule has 0 spiro atoms. The highest BCUT2D eigenvalue weighted by atomic mass is 32.1. The minimum absolute atomic E-state index is 0.0799. The van der Waals surface area contributed by atoms with Crippen molar-refractivity contribution in [1.82, 2.24) is 25.8 Å². The molecule has 1 fully saturated rings. The van der Waals surface area contributed by atoms with Crippen molar-refractivity contribution in [3.8, 4) is 10.4 Å². The van der Waals surface area contributed by atoms with Crippen LogP contribution in [0.5, 0.6) is 0 Å². The van der Waals surface area contributed by atoms with Crippen molar-refractivity contribution in [2.24, 2.45) is 10.4 Å². The van der Waals surface area contributed by atoms with Crippen LogP contribution >= 0.6 is 11.3 Å². The number of hydrogen-bond donors (Lipinski definition) is 5. The van der Waals surface area contributed by atoms with Gasteiger partial charge in [-0.05, 0) is 43.2 Å². The number of benzene rings is 1. The van der Waals surface area contributed by atoms with Crippen LogP contribution in [-0.2, 0) is 19.9 Å². The molecule has 2 unspecified atom stereocenters. The van der Waals surface area contributed by atoms with E-state index in [2.05, 4.69) is 25.9 Å². The number of aryl methyl sites for hydroxylation is 1. The molecule has 0 radical (unpaired) electrons. The lowest BCUT2D eigenvalue weighted by Crippen LogP contribution is -2.58. The second-order valence-electron chi connectivity index (χ2n) is 14.5. The summed E-state index contributed by atoms with van der Waals surface area (Å²) in [6, 6.07) is 6.28. The number of aliphatic hydroxyl groups is 1. The lowest BCUT2D eigenvalue weighted by Gasteiger charge is -2.36. The summed E-state index contributed by atoms with van der Waals surface area (Å²) < 4.78 is 0. The summed E-state index contributed by atoms with van der Waals surface area (Å²) in [5.74, 6) is -0.523. The highest BCUT2D eigenvalue weighted by Crippen LogP contribution is 2.34. The molecule has 13 heteroatoms. The number of aliphatic hydroxyl groups excluding tert-OH is 1. The molecule has 2 aliphatic rings. The SMILES string of the molecule is Cc1ncsc1-c1ccc(C2(C)NC([C@@H]3C[C@@H](O)CN3C(=O)C(NC(=O)CCCCCCCCCCNC(=O)O)C(C)(C)C)=NC2=O)cc1. The van der Waals surface area contributed by atoms with Gasteiger partial charge in [0, 0.05) is 25.9 Å². The van der Waals surface area contributed by atoms with Crippen molar-refractivity contribution in [2.75, 3.05) is 13.1 Å². The average molecular weight is 697 g/mol. The molecule has 1 aromatic heterocycles. The average Bonchev–Trinajstić information content (AvgIpc) is 3.74. The Bertz CT molecular complexity index is 1500. The van der Waals surface area contributed by atoms with Gasteiger partial charge in [0.25, 0.3) is 5.91 Å². The molecular formula is C36H52N6O6S. The summed E-state index contributed by atoms with van der Waals surface area (Å²) in [4.78, 5) is 62.3. The van der Waals surface area contributed by atoms with Gasteiger partial charge in [0.15, 0.2) is 0 Å². The Morgan fingerprint density at radius 3 is 2.29 bits per heavy atom. The lowest BCUT2D eigenvalue weighted by molar-refractivity contribution is -0.139. The van der Waals surface area contributed by atoms with E-state index in [9.17, 15) is 24.3 Å². The van der Waals surface area contributed by atoms with Gasteiger partial charge in [-0.15, -0.1) is 11.3 Å². The molecule has 4 atom stereocenters. The minimum atomic E-state index is -1.13. The number of β-amino-alcohol motifs (C(OH)–C–C–N with tert-alkyl or cyclic N) is 1.